The Balaban J connectivity index is 1.39. The maximum atomic E-state index is 13.3. The number of thiophene rings is 1. The molecule has 0 radical (unpaired) electrons. The third-order valence-electron chi connectivity index (χ3n) is 6.86. The Bertz CT molecular complexity index is 1550. The highest BCUT2D eigenvalue weighted by Gasteiger charge is 2.21. The van der Waals surface area contributed by atoms with Crippen LogP contribution < -0.4 is 10.0 Å². The molecular weight excluding hydrogens is 532 g/mol. The largest absolute Gasteiger partial charge is 0.379 e. The van der Waals surface area contributed by atoms with E-state index < -0.39 is 10.0 Å². The van der Waals surface area contributed by atoms with Gasteiger partial charge in [-0.3, -0.25) is 19.0 Å². The van der Waals surface area contributed by atoms with E-state index in [1.54, 1.807) is 24.3 Å². The lowest BCUT2D eigenvalue weighted by Gasteiger charge is -2.26. The van der Waals surface area contributed by atoms with Crippen LogP contribution in [0.3, 0.4) is 0 Å². The Kier molecular flexibility index (Phi) is 7.82. The molecule has 1 aliphatic heterocycles. The fraction of sp³-hybridized carbons (Fsp3) is 0.345. The number of anilines is 1. The van der Waals surface area contributed by atoms with Crippen molar-refractivity contribution in [1.29, 1.82) is 0 Å². The topological polar surface area (TPSA) is 92.7 Å². The van der Waals surface area contributed by atoms with Gasteiger partial charge < -0.3 is 10.1 Å². The number of ether oxygens (including phenoxy) is 1. The lowest BCUT2D eigenvalue weighted by Crippen LogP contribution is -2.41. The van der Waals surface area contributed by atoms with Crippen molar-refractivity contribution in [3.63, 3.8) is 0 Å². The maximum Gasteiger partial charge on any atom is 0.268 e. The molecule has 39 heavy (non-hydrogen) atoms. The number of nitrogens with one attached hydrogen (secondary N) is 2. The van der Waals surface area contributed by atoms with E-state index in [4.69, 9.17) is 4.74 Å². The minimum Gasteiger partial charge on any atom is -0.379 e. The van der Waals surface area contributed by atoms with Gasteiger partial charge in [0.1, 0.15) is 10.7 Å². The highest BCUT2D eigenvalue weighted by atomic mass is 32.2. The predicted octanol–water partition coefficient (Wildman–Crippen LogP) is 4.85. The highest BCUT2D eigenvalue weighted by molar-refractivity contribution is 7.92. The number of morpholine rings is 1. The van der Waals surface area contributed by atoms with Crippen LogP contribution in [0.25, 0.3) is 15.9 Å². The molecule has 0 aliphatic carbocycles. The summed E-state index contributed by atoms with van der Waals surface area (Å²) in [6, 6.07) is 18.0. The zero-order valence-corrected chi connectivity index (χ0v) is 24.1. The molecule has 0 saturated carbocycles. The lowest BCUT2D eigenvalue weighted by atomic mass is 9.87. The smallest absolute Gasteiger partial charge is 0.268 e. The summed E-state index contributed by atoms with van der Waals surface area (Å²) in [6.07, 6.45) is 0. The first kappa shape index (κ1) is 27.4. The molecule has 2 N–H and O–H groups in total. The molecule has 3 heterocycles. The molecule has 10 heteroatoms. The van der Waals surface area contributed by atoms with E-state index in [1.807, 2.05) is 46.3 Å². The van der Waals surface area contributed by atoms with Crippen LogP contribution >= 0.6 is 11.3 Å². The number of carbonyl (C=O) groups excluding carboxylic acids is 1. The van der Waals surface area contributed by atoms with Gasteiger partial charge in [-0.1, -0.05) is 32.9 Å². The normalized spacial score (nSPS) is 14.9. The van der Waals surface area contributed by atoms with Crippen molar-refractivity contribution < 1.29 is 17.9 Å². The van der Waals surface area contributed by atoms with Crippen molar-refractivity contribution in [2.75, 3.05) is 44.1 Å². The molecular formula is C29H34N4O4S2. The van der Waals surface area contributed by atoms with Crippen molar-refractivity contribution in [2.45, 2.75) is 31.1 Å². The van der Waals surface area contributed by atoms with Crippen molar-refractivity contribution in [1.82, 2.24) is 14.8 Å². The number of hydrogen-bond acceptors (Lipinski definition) is 6. The average molecular weight is 567 g/mol. The monoisotopic (exact) mass is 566 g/mol. The van der Waals surface area contributed by atoms with E-state index in [1.165, 1.54) is 11.3 Å². The number of rotatable bonds is 8. The number of nitrogens with zero attached hydrogens (tertiary/aromatic N) is 2. The number of aromatic nitrogens is 1. The van der Waals surface area contributed by atoms with E-state index in [9.17, 15) is 13.2 Å². The first-order valence-corrected chi connectivity index (χ1v) is 15.4. The van der Waals surface area contributed by atoms with Gasteiger partial charge in [0.25, 0.3) is 15.9 Å². The summed E-state index contributed by atoms with van der Waals surface area (Å²) in [6.45, 7) is 10.7. The summed E-state index contributed by atoms with van der Waals surface area (Å²) in [4.78, 5) is 15.8. The average Bonchev–Trinajstić information content (AvgIpc) is 3.56. The number of sulfonamides is 1. The molecule has 2 aromatic heterocycles. The summed E-state index contributed by atoms with van der Waals surface area (Å²) >= 11 is 1.54. The SMILES string of the molecule is CC(C)(C)c1ccc(S(=O)(=O)Nc2ccc3c(c2)cc(C(=O)NCCN2CCOCC2)n3-c2cccs2)cc1. The van der Waals surface area contributed by atoms with Gasteiger partial charge in [0, 0.05) is 37.3 Å². The van der Waals surface area contributed by atoms with Crippen LogP contribution in [0.2, 0.25) is 0 Å². The van der Waals surface area contributed by atoms with Crippen LogP contribution in [0.5, 0.6) is 0 Å². The number of fused-ring (bicyclic) bond motifs is 1. The van der Waals surface area contributed by atoms with Crippen LogP contribution in [-0.2, 0) is 20.2 Å². The number of benzene rings is 2. The van der Waals surface area contributed by atoms with Crippen molar-refractivity contribution in [2.24, 2.45) is 0 Å². The Labute approximate surface area is 233 Å². The quantitative estimate of drug-likeness (QED) is 0.318. The van der Waals surface area contributed by atoms with Crippen LogP contribution in [0, 0.1) is 0 Å². The first-order chi connectivity index (χ1) is 18.6. The molecule has 0 unspecified atom stereocenters. The minimum atomic E-state index is -3.78. The Morgan fingerprint density at radius 2 is 1.77 bits per heavy atom. The zero-order valence-electron chi connectivity index (χ0n) is 22.4. The summed E-state index contributed by atoms with van der Waals surface area (Å²) < 4.78 is 36.3. The van der Waals surface area contributed by atoms with Gasteiger partial charge in [-0.05, 0) is 64.9 Å². The zero-order chi connectivity index (χ0) is 27.6. The molecule has 0 atom stereocenters. The minimum absolute atomic E-state index is 0.0665. The summed E-state index contributed by atoms with van der Waals surface area (Å²) in [5.74, 6) is -0.172. The van der Waals surface area contributed by atoms with Crippen LogP contribution in [-0.4, -0.2) is 63.2 Å². The molecule has 1 fully saturated rings. The Hall–Kier alpha value is -3.18. The maximum absolute atomic E-state index is 13.3. The molecule has 5 rings (SSSR count). The Morgan fingerprint density at radius 3 is 2.44 bits per heavy atom. The fourth-order valence-electron chi connectivity index (χ4n) is 4.67. The molecule has 0 spiro atoms. The standard InChI is InChI=1S/C29H34N4O4S2/c1-29(2,3)22-6-9-24(10-7-22)39(35,36)31-23-8-11-25-21(19-23)20-26(33(25)27-5-4-18-38-27)28(34)30-12-13-32-14-16-37-17-15-32/h4-11,18-20,31H,12-17H2,1-3H3,(H,30,34). The van der Waals surface area contributed by atoms with Crippen LogP contribution in [0.15, 0.2) is 70.9 Å². The molecule has 1 amide bonds. The lowest BCUT2D eigenvalue weighted by molar-refractivity contribution is 0.0383. The summed E-state index contributed by atoms with van der Waals surface area (Å²) in [5, 5.41) is 6.70. The summed E-state index contributed by atoms with van der Waals surface area (Å²) in [5.41, 5.74) is 2.77. The number of hydrogen-bond donors (Lipinski definition) is 2. The fourth-order valence-corrected chi connectivity index (χ4v) is 6.48. The number of carbonyl (C=O) groups is 1. The van der Waals surface area contributed by atoms with Crippen molar-refractivity contribution in [3.8, 4) is 5.00 Å². The third-order valence-corrected chi connectivity index (χ3v) is 9.11. The van der Waals surface area contributed by atoms with E-state index in [2.05, 4.69) is 35.7 Å². The van der Waals surface area contributed by atoms with Crippen molar-refractivity contribution >= 4 is 43.9 Å². The second-order valence-corrected chi connectivity index (χ2v) is 13.3. The first-order valence-electron chi connectivity index (χ1n) is 13.0. The van der Waals surface area contributed by atoms with Crippen LogP contribution in [0.4, 0.5) is 5.69 Å². The van der Waals surface area contributed by atoms with Gasteiger partial charge in [0.15, 0.2) is 0 Å². The molecule has 1 aliphatic rings. The number of amides is 1. The predicted molar refractivity (Wildman–Crippen MR) is 157 cm³/mol. The van der Waals surface area contributed by atoms with Gasteiger partial charge in [-0.2, -0.15) is 0 Å². The highest BCUT2D eigenvalue weighted by Crippen LogP contribution is 2.30. The van der Waals surface area contributed by atoms with Gasteiger partial charge in [-0.15, -0.1) is 11.3 Å². The third kappa shape index (κ3) is 6.19. The van der Waals surface area contributed by atoms with E-state index in [0.29, 0.717) is 17.9 Å². The molecule has 4 aromatic rings. The molecule has 206 valence electrons. The Morgan fingerprint density at radius 1 is 1.03 bits per heavy atom. The van der Waals surface area contributed by atoms with Gasteiger partial charge >= 0.3 is 0 Å². The molecule has 2 aromatic carbocycles. The van der Waals surface area contributed by atoms with E-state index in [0.717, 1.165) is 54.3 Å². The van der Waals surface area contributed by atoms with Crippen LogP contribution in [0.1, 0.15) is 36.8 Å². The van der Waals surface area contributed by atoms with Crippen molar-refractivity contribution in [3.05, 3.63) is 77.3 Å². The summed E-state index contributed by atoms with van der Waals surface area (Å²) in [7, 11) is -3.78. The second-order valence-electron chi connectivity index (χ2n) is 10.7. The van der Waals surface area contributed by atoms with Gasteiger partial charge in [0.2, 0.25) is 0 Å². The van der Waals surface area contributed by atoms with E-state index >= 15 is 0 Å². The molecule has 0 bridgehead atoms. The molecule has 1 saturated heterocycles. The van der Waals surface area contributed by atoms with E-state index in [-0.39, 0.29) is 16.2 Å². The van der Waals surface area contributed by atoms with Gasteiger partial charge in [-0.25, -0.2) is 8.42 Å². The second kappa shape index (κ2) is 11.1. The van der Waals surface area contributed by atoms with Gasteiger partial charge in [0.05, 0.1) is 23.6 Å². The molecule has 8 nitrogen and oxygen atoms in total.